The average molecular weight is 415 g/mol. The van der Waals surface area contributed by atoms with Gasteiger partial charge in [0.05, 0.1) is 17.5 Å². The summed E-state index contributed by atoms with van der Waals surface area (Å²) in [6.45, 7) is 3.96. The SMILES string of the molecule is Cc1ccc(N2C(=O)[C@H]3C[C@@H](Br)[C@@H](Br)C[C@H]3C2=O)c(C)c1. The molecule has 2 amide bonds. The highest BCUT2D eigenvalue weighted by atomic mass is 79.9. The quantitative estimate of drug-likeness (QED) is 0.518. The Labute approximate surface area is 141 Å². The minimum atomic E-state index is -0.184. The minimum Gasteiger partial charge on any atom is -0.274 e. The average Bonchev–Trinajstić information content (AvgIpc) is 2.64. The van der Waals surface area contributed by atoms with Crippen LogP contribution in [0.4, 0.5) is 5.69 Å². The molecule has 4 atom stereocenters. The number of carbonyl (C=O) groups excluding carboxylic acids is 2. The molecule has 1 aliphatic carbocycles. The van der Waals surface area contributed by atoms with Crippen molar-refractivity contribution in [2.24, 2.45) is 11.8 Å². The van der Waals surface area contributed by atoms with Gasteiger partial charge in [-0.05, 0) is 38.3 Å². The zero-order chi connectivity index (χ0) is 15.3. The van der Waals surface area contributed by atoms with Gasteiger partial charge in [0.15, 0.2) is 0 Å². The van der Waals surface area contributed by atoms with E-state index in [9.17, 15) is 9.59 Å². The van der Waals surface area contributed by atoms with E-state index in [1.165, 1.54) is 4.90 Å². The maximum Gasteiger partial charge on any atom is 0.237 e. The van der Waals surface area contributed by atoms with Gasteiger partial charge in [-0.3, -0.25) is 9.59 Å². The van der Waals surface area contributed by atoms with Crippen LogP contribution in [-0.4, -0.2) is 21.5 Å². The van der Waals surface area contributed by atoms with Crippen molar-refractivity contribution in [3.63, 3.8) is 0 Å². The zero-order valence-electron chi connectivity index (χ0n) is 12.0. The van der Waals surface area contributed by atoms with Crippen molar-refractivity contribution in [3.05, 3.63) is 29.3 Å². The topological polar surface area (TPSA) is 37.4 Å². The molecule has 1 heterocycles. The number of alkyl halides is 2. The number of benzene rings is 1. The van der Waals surface area contributed by atoms with Crippen molar-refractivity contribution in [1.82, 2.24) is 0 Å². The third kappa shape index (κ3) is 2.48. The molecule has 1 aromatic carbocycles. The van der Waals surface area contributed by atoms with Gasteiger partial charge in [-0.2, -0.15) is 0 Å². The highest BCUT2D eigenvalue weighted by molar-refractivity contribution is 9.12. The van der Waals surface area contributed by atoms with Crippen LogP contribution in [0, 0.1) is 25.7 Å². The predicted molar refractivity (Wildman–Crippen MR) is 90.1 cm³/mol. The third-order valence-electron chi connectivity index (χ3n) is 4.50. The van der Waals surface area contributed by atoms with Crippen LogP contribution >= 0.6 is 31.9 Å². The van der Waals surface area contributed by atoms with E-state index in [4.69, 9.17) is 0 Å². The van der Waals surface area contributed by atoms with Gasteiger partial charge in [-0.25, -0.2) is 4.90 Å². The Morgan fingerprint density at radius 3 is 2.00 bits per heavy atom. The molecule has 1 aliphatic heterocycles. The molecule has 1 saturated heterocycles. The number of hydrogen-bond donors (Lipinski definition) is 0. The number of rotatable bonds is 1. The lowest BCUT2D eigenvalue weighted by Gasteiger charge is -2.29. The molecule has 3 nitrogen and oxygen atoms in total. The lowest BCUT2D eigenvalue weighted by Crippen LogP contribution is -2.34. The molecule has 112 valence electrons. The van der Waals surface area contributed by atoms with E-state index in [1.807, 2.05) is 32.0 Å². The van der Waals surface area contributed by atoms with Gasteiger partial charge < -0.3 is 0 Å². The second kappa shape index (κ2) is 5.51. The summed E-state index contributed by atoms with van der Waals surface area (Å²) in [5, 5.41) is 0. The maximum absolute atomic E-state index is 12.7. The molecule has 0 spiro atoms. The van der Waals surface area contributed by atoms with Crippen LogP contribution in [0.25, 0.3) is 0 Å². The van der Waals surface area contributed by atoms with E-state index in [1.54, 1.807) is 0 Å². The molecule has 0 aromatic heterocycles. The first-order chi connectivity index (χ1) is 9.90. The third-order valence-corrected chi connectivity index (χ3v) is 7.24. The molecule has 2 fully saturated rings. The Morgan fingerprint density at radius 2 is 1.52 bits per heavy atom. The fourth-order valence-electron chi connectivity index (χ4n) is 3.39. The summed E-state index contributed by atoms with van der Waals surface area (Å²) in [7, 11) is 0. The second-order valence-electron chi connectivity index (χ2n) is 6.02. The zero-order valence-corrected chi connectivity index (χ0v) is 15.1. The minimum absolute atomic E-state index is 0.0409. The summed E-state index contributed by atoms with van der Waals surface area (Å²) in [6.07, 6.45) is 1.43. The largest absolute Gasteiger partial charge is 0.274 e. The van der Waals surface area contributed by atoms with E-state index >= 15 is 0 Å². The van der Waals surface area contributed by atoms with E-state index < -0.39 is 0 Å². The Kier molecular flexibility index (Phi) is 3.99. The lowest BCUT2D eigenvalue weighted by molar-refractivity contribution is -0.122. The number of halogens is 2. The highest BCUT2D eigenvalue weighted by Crippen LogP contribution is 2.44. The Hall–Kier alpha value is -0.680. The predicted octanol–water partition coefficient (Wildman–Crippen LogP) is 3.73. The molecule has 0 bridgehead atoms. The number of imide groups is 1. The fraction of sp³-hybridized carbons (Fsp3) is 0.500. The molecule has 2 aliphatic rings. The van der Waals surface area contributed by atoms with Gasteiger partial charge in [0, 0.05) is 9.65 Å². The lowest BCUT2D eigenvalue weighted by atomic mass is 9.81. The van der Waals surface area contributed by atoms with Crippen molar-refractivity contribution in [2.45, 2.75) is 36.3 Å². The van der Waals surface area contributed by atoms with E-state index in [-0.39, 0.29) is 33.3 Å². The van der Waals surface area contributed by atoms with Gasteiger partial charge in [0.1, 0.15) is 0 Å². The molecule has 21 heavy (non-hydrogen) atoms. The van der Waals surface area contributed by atoms with Crippen LogP contribution in [0.5, 0.6) is 0 Å². The van der Waals surface area contributed by atoms with Crippen LogP contribution in [-0.2, 0) is 9.59 Å². The first-order valence-electron chi connectivity index (χ1n) is 7.13. The van der Waals surface area contributed by atoms with Crippen LogP contribution < -0.4 is 4.90 Å². The van der Waals surface area contributed by atoms with E-state index in [0.717, 1.165) is 16.8 Å². The van der Waals surface area contributed by atoms with Crippen molar-refractivity contribution in [3.8, 4) is 0 Å². The van der Waals surface area contributed by atoms with Gasteiger partial charge in [0.25, 0.3) is 0 Å². The molecular formula is C16H17Br2NO2. The van der Waals surface area contributed by atoms with Crippen LogP contribution in [0.3, 0.4) is 0 Å². The Balaban J connectivity index is 1.97. The number of fused-ring (bicyclic) bond motifs is 1. The normalized spacial score (nSPS) is 32.5. The molecule has 5 heteroatoms. The number of hydrogen-bond acceptors (Lipinski definition) is 2. The standard InChI is InChI=1S/C16H17Br2NO2/c1-8-3-4-14(9(2)5-8)19-15(20)10-6-12(17)13(18)7-11(10)16(19)21/h3-5,10-13H,6-7H2,1-2H3/t10-,11+,12+,13-. The van der Waals surface area contributed by atoms with Gasteiger partial charge in [-0.1, -0.05) is 49.6 Å². The Morgan fingerprint density at radius 1 is 1.00 bits per heavy atom. The second-order valence-corrected chi connectivity index (χ2v) is 8.37. The molecular weight excluding hydrogens is 398 g/mol. The Bertz CT molecular complexity index is 588. The van der Waals surface area contributed by atoms with Gasteiger partial charge >= 0.3 is 0 Å². The van der Waals surface area contributed by atoms with Crippen LogP contribution in [0.1, 0.15) is 24.0 Å². The van der Waals surface area contributed by atoms with Gasteiger partial charge in [0.2, 0.25) is 11.8 Å². The summed E-state index contributed by atoms with van der Waals surface area (Å²) >= 11 is 7.22. The summed E-state index contributed by atoms with van der Waals surface area (Å²) < 4.78 is 0. The van der Waals surface area contributed by atoms with Crippen molar-refractivity contribution < 1.29 is 9.59 Å². The number of aryl methyl sites for hydroxylation is 2. The van der Waals surface area contributed by atoms with Gasteiger partial charge in [-0.15, -0.1) is 0 Å². The molecule has 1 aromatic rings. The molecule has 1 saturated carbocycles. The van der Waals surface area contributed by atoms with E-state index in [2.05, 4.69) is 31.9 Å². The summed E-state index contributed by atoms with van der Waals surface area (Å²) in [4.78, 5) is 27.3. The molecule has 0 unspecified atom stereocenters. The van der Waals surface area contributed by atoms with Crippen molar-refractivity contribution in [1.29, 1.82) is 0 Å². The summed E-state index contributed by atoms with van der Waals surface area (Å²) in [5.74, 6) is -0.450. The summed E-state index contributed by atoms with van der Waals surface area (Å²) in [5.41, 5.74) is 2.84. The van der Waals surface area contributed by atoms with E-state index in [0.29, 0.717) is 12.8 Å². The van der Waals surface area contributed by atoms with Crippen molar-refractivity contribution >= 4 is 49.4 Å². The number of amides is 2. The van der Waals surface area contributed by atoms with Crippen LogP contribution in [0.2, 0.25) is 0 Å². The first-order valence-corrected chi connectivity index (χ1v) is 8.96. The number of anilines is 1. The number of nitrogens with zero attached hydrogens (tertiary/aromatic N) is 1. The van der Waals surface area contributed by atoms with Crippen LogP contribution in [0.15, 0.2) is 18.2 Å². The highest BCUT2D eigenvalue weighted by Gasteiger charge is 2.52. The maximum atomic E-state index is 12.7. The number of carbonyl (C=O) groups is 2. The monoisotopic (exact) mass is 413 g/mol. The molecule has 0 N–H and O–H groups in total. The first kappa shape index (κ1) is 15.2. The summed E-state index contributed by atoms with van der Waals surface area (Å²) in [6, 6.07) is 5.85. The molecule has 3 rings (SSSR count). The molecule has 0 radical (unpaired) electrons. The fourth-order valence-corrected chi connectivity index (χ4v) is 4.63. The van der Waals surface area contributed by atoms with Crippen molar-refractivity contribution in [2.75, 3.05) is 4.90 Å². The smallest absolute Gasteiger partial charge is 0.237 e.